The largest absolute Gasteiger partial charge is 0.497 e. The molecule has 3 aromatic rings. The monoisotopic (exact) mass is 446 g/mol. The van der Waals surface area contributed by atoms with Crippen LogP contribution in [-0.4, -0.2) is 38.7 Å². The molecule has 0 aliphatic carbocycles. The van der Waals surface area contributed by atoms with Crippen molar-refractivity contribution >= 4 is 5.91 Å². The molecule has 0 saturated carbocycles. The van der Waals surface area contributed by atoms with Crippen molar-refractivity contribution in [1.29, 1.82) is 0 Å². The van der Waals surface area contributed by atoms with Gasteiger partial charge in [0.15, 0.2) is 11.5 Å². The van der Waals surface area contributed by atoms with E-state index >= 15 is 0 Å². The highest BCUT2D eigenvalue weighted by Gasteiger charge is 2.36. The Kier molecular flexibility index (Phi) is 6.84. The Bertz CT molecular complexity index is 1100. The topological polar surface area (TPSA) is 74.0 Å². The summed E-state index contributed by atoms with van der Waals surface area (Å²) in [7, 11) is 4.94. The van der Waals surface area contributed by atoms with Gasteiger partial charge in [-0.15, -0.1) is 0 Å². The second-order valence-corrected chi connectivity index (χ2v) is 8.18. The quantitative estimate of drug-likeness (QED) is 0.564. The van der Waals surface area contributed by atoms with Gasteiger partial charge in [-0.25, -0.2) is 0 Å². The van der Waals surface area contributed by atoms with Gasteiger partial charge in [-0.05, 0) is 59.4 Å². The third-order valence-corrected chi connectivity index (χ3v) is 6.35. The van der Waals surface area contributed by atoms with Crippen molar-refractivity contribution in [2.24, 2.45) is 5.73 Å². The number of nitrogens with two attached hydrogens (primary N) is 1. The summed E-state index contributed by atoms with van der Waals surface area (Å²) in [6, 6.07) is 21.3. The molecule has 6 heteroatoms. The van der Waals surface area contributed by atoms with E-state index < -0.39 is 6.04 Å². The van der Waals surface area contributed by atoms with Gasteiger partial charge in [-0.1, -0.05) is 42.5 Å². The first kappa shape index (κ1) is 22.7. The molecule has 0 fully saturated rings. The van der Waals surface area contributed by atoms with Gasteiger partial charge in [0.25, 0.3) is 0 Å². The number of ether oxygens (including phenoxy) is 3. The van der Waals surface area contributed by atoms with E-state index in [0.29, 0.717) is 24.5 Å². The van der Waals surface area contributed by atoms with E-state index in [0.717, 1.165) is 28.9 Å². The number of methoxy groups -OCH3 is 3. The number of rotatable bonds is 8. The van der Waals surface area contributed by atoms with Crippen LogP contribution in [0.3, 0.4) is 0 Å². The summed E-state index contributed by atoms with van der Waals surface area (Å²) in [5.41, 5.74) is 10.3. The summed E-state index contributed by atoms with van der Waals surface area (Å²) < 4.78 is 16.5. The van der Waals surface area contributed by atoms with E-state index in [1.165, 1.54) is 5.56 Å². The third-order valence-electron chi connectivity index (χ3n) is 6.35. The lowest BCUT2D eigenvalue weighted by Gasteiger charge is -2.41. The molecule has 2 N–H and O–H groups in total. The molecular formula is C27H30N2O4. The third kappa shape index (κ3) is 4.66. The number of carbonyl (C=O) groups is 1. The maximum absolute atomic E-state index is 12.7. The first-order chi connectivity index (χ1) is 16.0. The fourth-order valence-corrected chi connectivity index (χ4v) is 4.72. The maximum atomic E-state index is 12.7. The van der Waals surface area contributed by atoms with Crippen LogP contribution in [0, 0.1) is 0 Å². The SMILES string of the molecule is COc1ccc(CC2c3cc(OC)c(OC)cc3CCN2C(C(N)=O)c2ccccc2)cc1. The minimum atomic E-state index is -0.532. The van der Waals surface area contributed by atoms with Crippen LogP contribution >= 0.6 is 0 Å². The maximum Gasteiger partial charge on any atom is 0.239 e. The number of primary amides is 1. The molecule has 33 heavy (non-hydrogen) atoms. The molecule has 2 unspecified atom stereocenters. The average molecular weight is 447 g/mol. The fourth-order valence-electron chi connectivity index (χ4n) is 4.72. The zero-order chi connectivity index (χ0) is 23.4. The lowest BCUT2D eigenvalue weighted by Crippen LogP contribution is -2.44. The van der Waals surface area contributed by atoms with Crippen molar-refractivity contribution in [1.82, 2.24) is 4.90 Å². The number of benzene rings is 3. The van der Waals surface area contributed by atoms with E-state index in [4.69, 9.17) is 19.9 Å². The number of hydrogen-bond donors (Lipinski definition) is 1. The Labute approximate surface area is 194 Å². The van der Waals surface area contributed by atoms with E-state index in [1.807, 2.05) is 54.6 Å². The number of hydrogen-bond acceptors (Lipinski definition) is 5. The minimum absolute atomic E-state index is 0.0698. The van der Waals surface area contributed by atoms with E-state index in [-0.39, 0.29) is 11.9 Å². The molecule has 0 bridgehead atoms. The summed E-state index contributed by atoms with van der Waals surface area (Å²) in [6.45, 7) is 0.700. The number of fused-ring (bicyclic) bond motifs is 1. The summed E-state index contributed by atoms with van der Waals surface area (Å²) in [4.78, 5) is 15.0. The summed E-state index contributed by atoms with van der Waals surface area (Å²) in [5.74, 6) is 1.84. The molecular weight excluding hydrogens is 416 g/mol. The number of nitrogens with zero attached hydrogens (tertiary/aromatic N) is 1. The molecule has 1 aliphatic rings. The average Bonchev–Trinajstić information content (AvgIpc) is 2.85. The molecule has 1 heterocycles. The normalized spacial score (nSPS) is 16.5. The number of carbonyl (C=O) groups excluding carboxylic acids is 1. The lowest BCUT2D eigenvalue weighted by atomic mass is 9.86. The molecule has 3 aromatic carbocycles. The van der Waals surface area contributed by atoms with Gasteiger partial charge in [0.2, 0.25) is 5.91 Å². The van der Waals surface area contributed by atoms with Gasteiger partial charge in [0.1, 0.15) is 11.8 Å². The molecule has 172 valence electrons. The summed E-state index contributed by atoms with van der Waals surface area (Å²) in [5, 5.41) is 0. The number of amides is 1. The van der Waals surface area contributed by atoms with Gasteiger partial charge in [-0.3, -0.25) is 9.69 Å². The van der Waals surface area contributed by atoms with Gasteiger partial charge >= 0.3 is 0 Å². The van der Waals surface area contributed by atoms with E-state index in [9.17, 15) is 4.79 Å². The standard InChI is InChI=1S/C27H30N2O4/c1-31-21-11-9-18(10-12-21)15-23-22-17-25(33-3)24(32-2)16-20(22)13-14-29(23)26(27(28)30)19-7-5-4-6-8-19/h4-12,16-17,23,26H,13-15H2,1-3H3,(H2,28,30). The Morgan fingerprint density at radius 2 is 1.64 bits per heavy atom. The Hall–Kier alpha value is -3.51. The molecule has 0 saturated heterocycles. The fraction of sp³-hybridized carbons (Fsp3) is 0.296. The van der Waals surface area contributed by atoms with Crippen LogP contribution in [0.2, 0.25) is 0 Å². The molecule has 0 spiro atoms. The lowest BCUT2D eigenvalue weighted by molar-refractivity contribution is -0.124. The molecule has 6 nitrogen and oxygen atoms in total. The predicted octanol–water partition coefficient (Wildman–Crippen LogP) is 4.08. The Morgan fingerprint density at radius 3 is 2.24 bits per heavy atom. The zero-order valence-corrected chi connectivity index (χ0v) is 19.3. The van der Waals surface area contributed by atoms with E-state index in [2.05, 4.69) is 17.0 Å². The van der Waals surface area contributed by atoms with Crippen molar-refractivity contribution < 1.29 is 19.0 Å². The predicted molar refractivity (Wildman–Crippen MR) is 128 cm³/mol. The van der Waals surface area contributed by atoms with Crippen molar-refractivity contribution in [3.8, 4) is 17.2 Å². The van der Waals surface area contributed by atoms with Gasteiger partial charge < -0.3 is 19.9 Å². The van der Waals surface area contributed by atoms with Gasteiger partial charge in [0, 0.05) is 12.6 Å². The van der Waals surface area contributed by atoms with Crippen LogP contribution in [0.15, 0.2) is 66.7 Å². The van der Waals surface area contributed by atoms with Crippen LogP contribution in [-0.2, 0) is 17.6 Å². The van der Waals surface area contributed by atoms with Crippen LogP contribution in [0.4, 0.5) is 0 Å². The molecule has 2 atom stereocenters. The van der Waals surface area contributed by atoms with Crippen molar-refractivity contribution in [3.05, 3.63) is 89.0 Å². The summed E-state index contributed by atoms with van der Waals surface area (Å²) >= 11 is 0. The molecule has 0 aromatic heterocycles. The van der Waals surface area contributed by atoms with Gasteiger partial charge in [0.05, 0.1) is 21.3 Å². The van der Waals surface area contributed by atoms with Crippen LogP contribution in [0.5, 0.6) is 17.2 Å². The van der Waals surface area contributed by atoms with Gasteiger partial charge in [-0.2, -0.15) is 0 Å². The Balaban J connectivity index is 1.80. The van der Waals surface area contributed by atoms with Crippen LogP contribution in [0.25, 0.3) is 0 Å². The molecule has 1 aliphatic heterocycles. The van der Waals surface area contributed by atoms with Crippen LogP contribution < -0.4 is 19.9 Å². The Morgan fingerprint density at radius 1 is 0.970 bits per heavy atom. The minimum Gasteiger partial charge on any atom is -0.497 e. The summed E-state index contributed by atoms with van der Waals surface area (Å²) in [6.07, 6.45) is 1.49. The van der Waals surface area contributed by atoms with Crippen molar-refractivity contribution in [2.75, 3.05) is 27.9 Å². The zero-order valence-electron chi connectivity index (χ0n) is 19.3. The highest BCUT2D eigenvalue weighted by Crippen LogP contribution is 2.42. The second kappa shape index (κ2) is 9.96. The van der Waals surface area contributed by atoms with E-state index in [1.54, 1.807) is 21.3 Å². The highest BCUT2D eigenvalue weighted by molar-refractivity contribution is 5.81. The highest BCUT2D eigenvalue weighted by atomic mass is 16.5. The van der Waals surface area contributed by atoms with Crippen molar-refractivity contribution in [2.45, 2.75) is 24.9 Å². The second-order valence-electron chi connectivity index (χ2n) is 8.18. The smallest absolute Gasteiger partial charge is 0.239 e. The molecule has 0 radical (unpaired) electrons. The van der Waals surface area contributed by atoms with Crippen molar-refractivity contribution in [3.63, 3.8) is 0 Å². The van der Waals surface area contributed by atoms with Crippen LogP contribution in [0.1, 0.15) is 34.3 Å². The molecule has 1 amide bonds. The molecule has 4 rings (SSSR count). The first-order valence-corrected chi connectivity index (χ1v) is 11.0. The first-order valence-electron chi connectivity index (χ1n) is 11.0.